The number of aryl methyl sites for hydroxylation is 4. The van der Waals surface area contributed by atoms with Crippen molar-refractivity contribution in [1.82, 2.24) is 15.6 Å². The second kappa shape index (κ2) is 7.28. The number of urea groups is 1. The van der Waals surface area contributed by atoms with Crippen molar-refractivity contribution in [3.8, 4) is 0 Å². The molecule has 1 fully saturated rings. The lowest BCUT2D eigenvalue weighted by Gasteiger charge is -2.18. The number of H-pyrrole nitrogens is 1. The number of aromatic amines is 1. The van der Waals surface area contributed by atoms with E-state index in [9.17, 15) is 9.59 Å². The normalized spacial score (nSPS) is 13.8. The number of carbonyl (C=O) groups is 2. The van der Waals surface area contributed by atoms with Gasteiger partial charge in [0, 0.05) is 42.0 Å². The van der Waals surface area contributed by atoms with Crippen LogP contribution in [0, 0.1) is 27.7 Å². The minimum Gasteiger partial charge on any atom is -0.358 e. The third-order valence-electron chi connectivity index (χ3n) is 5.70. The van der Waals surface area contributed by atoms with Crippen LogP contribution in [0.3, 0.4) is 0 Å². The summed E-state index contributed by atoms with van der Waals surface area (Å²) in [5.41, 5.74) is 7.99. The number of amides is 3. The minimum absolute atomic E-state index is 0.120. The van der Waals surface area contributed by atoms with Gasteiger partial charge in [-0.3, -0.25) is 9.69 Å². The second-order valence-corrected chi connectivity index (χ2v) is 7.79. The molecule has 2 aromatic carbocycles. The fourth-order valence-electron chi connectivity index (χ4n) is 3.95. The molecule has 3 aromatic rings. The smallest absolute Gasteiger partial charge is 0.322 e. The summed E-state index contributed by atoms with van der Waals surface area (Å²) in [7, 11) is 0. The zero-order valence-electron chi connectivity index (χ0n) is 17.3. The van der Waals surface area contributed by atoms with Crippen molar-refractivity contribution in [2.75, 3.05) is 18.0 Å². The molecule has 0 bridgehead atoms. The van der Waals surface area contributed by atoms with E-state index in [0.29, 0.717) is 25.2 Å². The van der Waals surface area contributed by atoms with E-state index in [1.807, 2.05) is 13.0 Å². The average molecular weight is 390 g/mol. The Balaban J connectivity index is 1.57. The largest absolute Gasteiger partial charge is 0.358 e. The molecule has 4 rings (SSSR count). The van der Waals surface area contributed by atoms with Crippen molar-refractivity contribution in [2.24, 2.45) is 0 Å². The number of benzene rings is 2. The van der Waals surface area contributed by atoms with Crippen molar-refractivity contribution in [3.05, 3.63) is 63.8 Å². The number of anilines is 1. The molecular formula is C23H26N4O2. The molecule has 6 nitrogen and oxygen atoms in total. The van der Waals surface area contributed by atoms with E-state index in [0.717, 1.165) is 28.0 Å². The molecule has 1 aromatic heterocycles. The molecule has 29 heavy (non-hydrogen) atoms. The quantitative estimate of drug-likeness (QED) is 0.633. The van der Waals surface area contributed by atoms with Crippen LogP contribution in [0.25, 0.3) is 10.9 Å². The Kier molecular flexibility index (Phi) is 4.78. The Bertz CT molecular complexity index is 1130. The summed E-state index contributed by atoms with van der Waals surface area (Å²) in [6.45, 7) is 9.85. The van der Waals surface area contributed by atoms with Gasteiger partial charge in [0.2, 0.25) is 0 Å². The predicted octanol–water partition coefficient (Wildman–Crippen LogP) is 3.86. The SMILES string of the molecule is Cc1cc(CNC(=O)c2ccc(C)c(N3CCNC3=O)c2)c2[nH]c(C)c(C)c2c1. The molecule has 0 aliphatic carbocycles. The van der Waals surface area contributed by atoms with Crippen LogP contribution in [-0.2, 0) is 6.54 Å². The fraction of sp³-hybridized carbons (Fsp3) is 0.304. The molecule has 1 aliphatic heterocycles. The van der Waals surface area contributed by atoms with Gasteiger partial charge in [-0.2, -0.15) is 0 Å². The number of aromatic nitrogens is 1. The van der Waals surface area contributed by atoms with Gasteiger partial charge in [0.1, 0.15) is 0 Å². The first kappa shape index (κ1) is 19.1. The Labute approximate surface area is 170 Å². The summed E-state index contributed by atoms with van der Waals surface area (Å²) in [5, 5.41) is 7.03. The van der Waals surface area contributed by atoms with Crippen molar-refractivity contribution in [3.63, 3.8) is 0 Å². The van der Waals surface area contributed by atoms with E-state index in [-0.39, 0.29) is 11.9 Å². The van der Waals surface area contributed by atoms with E-state index < -0.39 is 0 Å². The van der Waals surface area contributed by atoms with Gasteiger partial charge in [0.05, 0.1) is 5.52 Å². The second-order valence-electron chi connectivity index (χ2n) is 7.79. The number of carbonyl (C=O) groups excluding carboxylic acids is 2. The van der Waals surface area contributed by atoms with Crippen molar-refractivity contribution in [2.45, 2.75) is 34.2 Å². The van der Waals surface area contributed by atoms with Gasteiger partial charge in [-0.1, -0.05) is 17.7 Å². The molecule has 0 atom stereocenters. The maximum Gasteiger partial charge on any atom is 0.322 e. The lowest BCUT2D eigenvalue weighted by atomic mass is 10.0. The van der Waals surface area contributed by atoms with E-state index >= 15 is 0 Å². The molecular weight excluding hydrogens is 364 g/mol. The molecule has 6 heteroatoms. The molecule has 150 valence electrons. The third kappa shape index (κ3) is 3.46. The highest BCUT2D eigenvalue weighted by atomic mass is 16.2. The maximum atomic E-state index is 12.8. The molecule has 3 amide bonds. The first-order chi connectivity index (χ1) is 13.8. The lowest BCUT2D eigenvalue weighted by molar-refractivity contribution is 0.0951. The maximum absolute atomic E-state index is 12.8. The number of hydrogen-bond acceptors (Lipinski definition) is 2. The third-order valence-corrected chi connectivity index (χ3v) is 5.70. The van der Waals surface area contributed by atoms with E-state index in [4.69, 9.17) is 0 Å². The highest BCUT2D eigenvalue weighted by Crippen LogP contribution is 2.26. The molecule has 1 aliphatic rings. The highest BCUT2D eigenvalue weighted by molar-refractivity contribution is 5.99. The van der Waals surface area contributed by atoms with Crippen LogP contribution in [-0.4, -0.2) is 30.0 Å². The molecule has 0 spiro atoms. The van der Waals surface area contributed by atoms with Gasteiger partial charge in [-0.05, 0) is 62.6 Å². The van der Waals surface area contributed by atoms with Crippen LogP contribution >= 0.6 is 0 Å². The van der Waals surface area contributed by atoms with Gasteiger partial charge >= 0.3 is 6.03 Å². The van der Waals surface area contributed by atoms with Crippen LogP contribution < -0.4 is 15.5 Å². The van der Waals surface area contributed by atoms with E-state index in [1.165, 1.54) is 16.5 Å². The fourth-order valence-corrected chi connectivity index (χ4v) is 3.95. The molecule has 3 N–H and O–H groups in total. The summed E-state index contributed by atoms with van der Waals surface area (Å²) in [4.78, 5) is 30.0. The highest BCUT2D eigenvalue weighted by Gasteiger charge is 2.23. The summed E-state index contributed by atoms with van der Waals surface area (Å²) in [6.07, 6.45) is 0. The zero-order chi connectivity index (χ0) is 20.7. The average Bonchev–Trinajstić information content (AvgIpc) is 3.24. The zero-order valence-corrected chi connectivity index (χ0v) is 17.3. The molecule has 2 heterocycles. The Morgan fingerprint density at radius 1 is 1.14 bits per heavy atom. The number of hydrogen-bond donors (Lipinski definition) is 3. The van der Waals surface area contributed by atoms with Crippen LogP contribution in [0.15, 0.2) is 30.3 Å². The first-order valence-corrected chi connectivity index (χ1v) is 9.88. The van der Waals surface area contributed by atoms with Crippen molar-refractivity contribution < 1.29 is 9.59 Å². The van der Waals surface area contributed by atoms with Gasteiger partial charge in [-0.15, -0.1) is 0 Å². The molecule has 1 saturated heterocycles. The minimum atomic E-state index is -0.152. The summed E-state index contributed by atoms with van der Waals surface area (Å²) < 4.78 is 0. The van der Waals surface area contributed by atoms with Crippen LogP contribution in [0.5, 0.6) is 0 Å². The summed E-state index contributed by atoms with van der Waals surface area (Å²) >= 11 is 0. The molecule has 0 saturated carbocycles. The topological polar surface area (TPSA) is 77.2 Å². The van der Waals surface area contributed by atoms with Crippen LogP contribution in [0.1, 0.15) is 38.3 Å². The monoisotopic (exact) mass is 390 g/mol. The Hall–Kier alpha value is -3.28. The van der Waals surface area contributed by atoms with Gasteiger partial charge in [0.15, 0.2) is 0 Å². The lowest BCUT2D eigenvalue weighted by Crippen LogP contribution is -2.29. The molecule has 0 radical (unpaired) electrons. The Morgan fingerprint density at radius 2 is 1.93 bits per heavy atom. The standard InChI is InChI=1S/C23H26N4O2/c1-13-9-18(21-19(10-13)15(3)16(4)26-21)12-25-22(28)17-6-5-14(2)20(11-17)27-8-7-24-23(27)29/h5-6,9-11,26H,7-8,12H2,1-4H3,(H,24,29)(H,25,28). The van der Waals surface area contributed by atoms with Gasteiger partial charge in [0.25, 0.3) is 5.91 Å². The first-order valence-electron chi connectivity index (χ1n) is 9.88. The van der Waals surface area contributed by atoms with Crippen molar-refractivity contribution >= 4 is 28.5 Å². The predicted molar refractivity (Wildman–Crippen MR) is 116 cm³/mol. The number of fused-ring (bicyclic) bond motifs is 1. The van der Waals surface area contributed by atoms with E-state index in [1.54, 1.807) is 17.0 Å². The number of nitrogens with zero attached hydrogens (tertiary/aromatic N) is 1. The summed E-state index contributed by atoms with van der Waals surface area (Å²) in [6, 6.07) is 9.64. The van der Waals surface area contributed by atoms with Crippen LogP contribution in [0.4, 0.5) is 10.5 Å². The van der Waals surface area contributed by atoms with Gasteiger partial charge < -0.3 is 15.6 Å². The number of nitrogens with one attached hydrogen (secondary N) is 3. The van der Waals surface area contributed by atoms with Crippen LogP contribution in [0.2, 0.25) is 0 Å². The molecule has 0 unspecified atom stereocenters. The Morgan fingerprint density at radius 3 is 2.66 bits per heavy atom. The van der Waals surface area contributed by atoms with Crippen molar-refractivity contribution in [1.29, 1.82) is 0 Å². The number of rotatable bonds is 4. The van der Waals surface area contributed by atoms with Gasteiger partial charge in [-0.25, -0.2) is 4.79 Å². The van der Waals surface area contributed by atoms with E-state index in [2.05, 4.69) is 48.5 Å². The summed E-state index contributed by atoms with van der Waals surface area (Å²) in [5.74, 6) is -0.152.